The zero-order valence-corrected chi connectivity index (χ0v) is 16.0. The number of anilines is 2. The molecule has 0 bridgehead atoms. The lowest BCUT2D eigenvalue weighted by atomic mass is 10.2. The summed E-state index contributed by atoms with van der Waals surface area (Å²) >= 11 is 8.46. The van der Waals surface area contributed by atoms with Crippen LogP contribution in [-0.4, -0.2) is 31.4 Å². The van der Waals surface area contributed by atoms with Gasteiger partial charge < -0.3 is 20.3 Å². The van der Waals surface area contributed by atoms with Crippen molar-refractivity contribution in [2.75, 3.05) is 36.5 Å². The molecular weight excluding hydrogens is 405 g/mol. The summed E-state index contributed by atoms with van der Waals surface area (Å²) in [6.45, 7) is 3.97. The second-order valence-electron chi connectivity index (χ2n) is 5.70. The van der Waals surface area contributed by atoms with Crippen molar-refractivity contribution in [3.05, 3.63) is 58.3 Å². The molecule has 0 spiro atoms. The van der Waals surface area contributed by atoms with Gasteiger partial charge in [0.2, 0.25) is 0 Å². The van der Waals surface area contributed by atoms with Gasteiger partial charge in [-0.15, -0.1) is 0 Å². The van der Waals surface area contributed by atoms with Gasteiger partial charge in [-0.25, -0.2) is 4.39 Å². The van der Waals surface area contributed by atoms with E-state index in [1.54, 1.807) is 12.1 Å². The van der Waals surface area contributed by atoms with Gasteiger partial charge in [0.05, 0.1) is 18.9 Å². The number of halogens is 2. The number of nitrogens with one attached hydrogen (secondary N) is 2. The summed E-state index contributed by atoms with van der Waals surface area (Å²) in [7, 11) is 0. The van der Waals surface area contributed by atoms with E-state index in [1.165, 1.54) is 11.8 Å². The van der Waals surface area contributed by atoms with Gasteiger partial charge in [-0.05, 0) is 48.1 Å². The Labute approximate surface area is 160 Å². The second-order valence-corrected chi connectivity index (χ2v) is 7.02. The van der Waals surface area contributed by atoms with Gasteiger partial charge in [0, 0.05) is 29.8 Å². The predicted octanol–water partition coefficient (Wildman–Crippen LogP) is 3.91. The zero-order chi connectivity index (χ0) is 17.6. The topological polar surface area (TPSA) is 36.5 Å². The molecule has 25 heavy (non-hydrogen) atoms. The highest BCUT2D eigenvalue weighted by atomic mass is 79.9. The molecule has 0 amide bonds. The third kappa shape index (κ3) is 5.14. The van der Waals surface area contributed by atoms with E-state index in [0.29, 0.717) is 21.8 Å². The van der Waals surface area contributed by atoms with E-state index in [1.807, 2.05) is 0 Å². The number of nitrogens with zero attached hydrogens (tertiary/aromatic N) is 1. The van der Waals surface area contributed by atoms with Crippen LogP contribution in [-0.2, 0) is 11.3 Å². The highest BCUT2D eigenvalue weighted by Crippen LogP contribution is 2.19. The monoisotopic (exact) mass is 423 g/mol. The van der Waals surface area contributed by atoms with Gasteiger partial charge in [-0.1, -0.05) is 28.1 Å². The molecule has 1 aliphatic rings. The second kappa shape index (κ2) is 8.60. The number of benzene rings is 2. The number of thiocarbonyl (C=S) groups is 1. The molecule has 132 valence electrons. The Kier molecular flexibility index (Phi) is 6.23. The summed E-state index contributed by atoms with van der Waals surface area (Å²) in [5.41, 5.74) is 2.66. The Morgan fingerprint density at radius 3 is 2.56 bits per heavy atom. The standard InChI is InChI=1S/C18H19BrFN3OS/c19-14-3-6-17(16(20)11-14)22-18(25)21-12-13-1-4-15(5-2-13)23-7-9-24-10-8-23/h1-6,11H,7-10,12H2,(H2,21,22,25). The molecule has 1 heterocycles. The van der Waals surface area contributed by atoms with E-state index >= 15 is 0 Å². The maximum absolute atomic E-state index is 13.8. The molecule has 4 nitrogen and oxygen atoms in total. The SMILES string of the molecule is Fc1cc(Br)ccc1NC(=S)NCc1ccc(N2CCOCC2)cc1. The lowest BCUT2D eigenvalue weighted by molar-refractivity contribution is 0.122. The Hall–Kier alpha value is -1.70. The molecular formula is C18H19BrFN3OS. The fourth-order valence-electron chi connectivity index (χ4n) is 2.59. The van der Waals surface area contributed by atoms with Crippen molar-refractivity contribution in [2.24, 2.45) is 0 Å². The van der Waals surface area contributed by atoms with Crippen molar-refractivity contribution in [1.29, 1.82) is 0 Å². The molecule has 0 radical (unpaired) electrons. The van der Waals surface area contributed by atoms with E-state index < -0.39 is 0 Å². The highest BCUT2D eigenvalue weighted by Gasteiger charge is 2.11. The highest BCUT2D eigenvalue weighted by molar-refractivity contribution is 9.10. The molecule has 1 saturated heterocycles. The molecule has 2 aromatic rings. The van der Waals surface area contributed by atoms with Gasteiger partial charge in [0.15, 0.2) is 5.11 Å². The Morgan fingerprint density at radius 1 is 1.16 bits per heavy atom. The third-order valence-electron chi connectivity index (χ3n) is 3.94. The van der Waals surface area contributed by atoms with Crippen LogP contribution < -0.4 is 15.5 Å². The molecule has 0 atom stereocenters. The van der Waals surface area contributed by atoms with Crippen LogP contribution >= 0.6 is 28.1 Å². The Morgan fingerprint density at radius 2 is 1.88 bits per heavy atom. The van der Waals surface area contributed by atoms with Crippen LogP contribution in [0.15, 0.2) is 46.9 Å². The van der Waals surface area contributed by atoms with Gasteiger partial charge in [0.25, 0.3) is 0 Å². The molecule has 2 N–H and O–H groups in total. The van der Waals surface area contributed by atoms with Crippen LogP contribution in [0, 0.1) is 5.82 Å². The van der Waals surface area contributed by atoms with Crippen LogP contribution in [0.4, 0.5) is 15.8 Å². The minimum absolute atomic E-state index is 0.350. The zero-order valence-electron chi connectivity index (χ0n) is 13.6. The Bertz CT molecular complexity index is 736. The number of morpholine rings is 1. The van der Waals surface area contributed by atoms with E-state index in [9.17, 15) is 4.39 Å². The number of hydrogen-bond donors (Lipinski definition) is 2. The van der Waals surface area contributed by atoms with Crippen molar-refractivity contribution in [3.8, 4) is 0 Å². The minimum Gasteiger partial charge on any atom is -0.378 e. The van der Waals surface area contributed by atoms with Gasteiger partial charge >= 0.3 is 0 Å². The van der Waals surface area contributed by atoms with Crippen molar-refractivity contribution in [3.63, 3.8) is 0 Å². The molecule has 0 saturated carbocycles. The van der Waals surface area contributed by atoms with E-state index in [2.05, 4.69) is 55.7 Å². The normalized spacial score (nSPS) is 14.2. The number of hydrogen-bond acceptors (Lipinski definition) is 3. The lowest BCUT2D eigenvalue weighted by Gasteiger charge is -2.28. The minimum atomic E-state index is -0.353. The van der Waals surface area contributed by atoms with Gasteiger partial charge in [-0.3, -0.25) is 0 Å². The van der Waals surface area contributed by atoms with Crippen LogP contribution in [0.2, 0.25) is 0 Å². The average Bonchev–Trinajstić information content (AvgIpc) is 2.63. The quantitative estimate of drug-likeness (QED) is 0.728. The van der Waals surface area contributed by atoms with Crippen molar-refractivity contribution >= 4 is 44.6 Å². The summed E-state index contributed by atoms with van der Waals surface area (Å²) < 4.78 is 19.9. The first kappa shape index (κ1) is 18.1. The van der Waals surface area contributed by atoms with Gasteiger partial charge in [-0.2, -0.15) is 0 Å². The van der Waals surface area contributed by atoms with Crippen molar-refractivity contribution in [1.82, 2.24) is 5.32 Å². The first-order chi connectivity index (χ1) is 12.1. The molecule has 0 aliphatic carbocycles. The van der Waals surface area contributed by atoms with E-state index in [-0.39, 0.29) is 5.82 Å². The molecule has 2 aromatic carbocycles. The fraction of sp³-hybridized carbons (Fsp3) is 0.278. The summed E-state index contributed by atoms with van der Waals surface area (Å²) in [6, 6.07) is 13.2. The molecule has 0 unspecified atom stereocenters. The molecule has 1 aliphatic heterocycles. The number of rotatable bonds is 4. The summed E-state index contributed by atoms with van der Waals surface area (Å²) in [4.78, 5) is 2.31. The van der Waals surface area contributed by atoms with Crippen LogP contribution in [0.5, 0.6) is 0 Å². The summed E-state index contributed by atoms with van der Waals surface area (Å²) in [5.74, 6) is -0.353. The average molecular weight is 424 g/mol. The smallest absolute Gasteiger partial charge is 0.171 e. The molecule has 3 rings (SSSR count). The largest absolute Gasteiger partial charge is 0.378 e. The molecule has 1 fully saturated rings. The van der Waals surface area contributed by atoms with Crippen molar-refractivity contribution < 1.29 is 9.13 Å². The maximum Gasteiger partial charge on any atom is 0.171 e. The van der Waals surface area contributed by atoms with Crippen molar-refractivity contribution in [2.45, 2.75) is 6.54 Å². The third-order valence-corrected chi connectivity index (χ3v) is 4.68. The van der Waals surface area contributed by atoms with E-state index in [4.69, 9.17) is 17.0 Å². The summed E-state index contributed by atoms with van der Waals surface area (Å²) in [5, 5.41) is 6.36. The molecule has 0 aromatic heterocycles. The number of ether oxygens (including phenoxy) is 1. The first-order valence-electron chi connectivity index (χ1n) is 8.03. The van der Waals surface area contributed by atoms with E-state index in [0.717, 1.165) is 31.9 Å². The maximum atomic E-state index is 13.8. The van der Waals surface area contributed by atoms with Crippen LogP contribution in [0.3, 0.4) is 0 Å². The summed E-state index contributed by atoms with van der Waals surface area (Å²) in [6.07, 6.45) is 0. The van der Waals surface area contributed by atoms with Crippen LogP contribution in [0.1, 0.15) is 5.56 Å². The fourth-order valence-corrected chi connectivity index (χ4v) is 3.10. The molecule has 7 heteroatoms. The van der Waals surface area contributed by atoms with Crippen LogP contribution in [0.25, 0.3) is 0 Å². The Balaban J connectivity index is 1.51. The van der Waals surface area contributed by atoms with Gasteiger partial charge in [0.1, 0.15) is 5.82 Å². The lowest BCUT2D eigenvalue weighted by Crippen LogP contribution is -2.36. The predicted molar refractivity (Wildman–Crippen MR) is 107 cm³/mol. The first-order valence-corrected chi connectivity index (χ1v) is 9.23.